The van der Waals surface area contributed by atoms with E-state index in [0.29, 0.717) is 24.7 Å². The summed E-state index contributed by atoms with van der Waals surface area (Å²) in [5.74, 6) is -0.179. The molecule has 0 radical (unpaired) electrons. The molecule has 2 aliphatic heterocycles. The first kappa shape index (κ1) is 26.3. The average Bonchev–Trinajstić information content (AvgIpc) is 3.12. The van der Waals surface area contributed by atoms with Gasteiger partial charge in [-0.25, -0.2) is 13.2 Å². The number of hydrogen-bond acceptors (Lipinski definition) is 8. The second kappa shape index (κ2) is 10.1. The minimum atomic E-state index is -3.90. The second-order valence-corrected chi connectivity index (χ2v) is 11.4. The minimum absolute atomic E-state index is 0.0158. The van der Waals surface area contributed by atoms with Crippen LogP contribution in [0.3, 0.4) is 0 Å². The lowest BCUT2D eigenvalue weighted by Gasteiger charge is -2.23. The number of esters is 1. The fourth-order valence-corrected chi connectivity index (χ4v) is 5.83. The number of carbonyl (C=O) groups excluding carboxylic acids is 2. The zero-order chi connectivity index (χ0) is 27.8. The van der Waals surface area contributed by atoms with Crippen molar-refractivity contribution >= 4 is 33.2 Å². The molecule has 0 aromatic heterocycles. The number of rotatable bonds is 7. The Hall–Kier alpha value is -4.31. The molecule has 0 atom stereocenters. The van der Waals surface area contributed by atoms with E-state index < -0.39 is 22.6 Å². The predicted molar refractivity (Wildman–Crippen MR) is 146 cm³/mol. The number of ketones is 1. The molecule has 3 aromatic carbocycles. The van der Waals surface area contributed by atoms with E-state index >= 15 is 0 Å². The molecule has 2 aliphatic rings. The molecule has 0 saturated heterocycles. The molecule has 0 aliphatic carbocycles. The molecule has 39 heavy (non-hydrogen) atoms. The van der Waals surface area contributed by atoms with Gasteiger partial charge in [-0.1, -0.05) is 32.0 Å². The number of likely N-dealkylation sites (N-methyl/N-ethyl adjacent to an activating group) is 1. The lowest BCUT2D eigenvalue weighted by atomic mass is 9.83. The van der Waals surface area contributed by atoms with Gasteiger partial charge < -0.3 is 19.1 Å². The predicted octanol–water partition coefficient (Wildman–Crippen LogP) is 4.30. The fraction of sp³-hybridized carbons (Fsp3) is 0.241. The molecule has 0 bridgehead atoms. The first-order valence-electron chi connectivity index (χ1n) is 12.3. The van der Waals surface area contributed by atoms with Gasteiger partial charge in [0, 0.05) is 41.7 Å². The number of fused-ring (bicyclic) bond motifs is 2. The first-order chi connectivity index (χ1) is 18.6. The quantitative estimate of drug-likeness (QED) is 0.344. The summed E-state index contributed by atoms with van der Waals surface area (Å²) in [4.78, 5) is 27.2. The summed E-state index contributed by atoms with van der Waals surface area (Å²) in [5.41, 5.74) is 3.04. The van der Waals surface area contributed by atoms with Crippen LogP contribution in [0.2, 0.25) is 0 Å². The van der Waals surface area contributed by atoms with Gasteiger partial charge in [-0.2, -0.15) is 0 Å². The molecule has 10 heteroatoms. The topological polar surface area (TPSA) is 111 Å². The molecule has 1 N–H and O–H groups in total. The van der Waals surface area contributed by atoms with E-state index in [-0.39, 0.29) is 27.3 Å². The van der Waals surface area contributed by atoms with Crippen molar-refractivity contribution in [1.29, 1.82) is 0 Å². The molecule has 0 spiro atoms. The molecule has 0 saturated carbocycles. The Balaban J connectivity index is 1.20. The van der Waals surface area contributed by atoms with Crippen LogP contribution in [0.15, 0.2) is 83.4 Å². The molecule has 0 unspecified atom stereocenters. The maximum Gasteiger partial charge on any atom is 0.338 e. The lowest BCUT2D eigenvalue weighted by molar-refractivity contribution is -0.117. The van der Waals surface area contributed by atoms with E-state index in [1.54, 1.807) is 6.07 Å². The molecule has 202 valence electrons. The van der Waals surface area contributed by atoms with Crippen LogP contribution >= 0.6 is 0 Å². The summed E-state index contributed by atoms with van der Waals surface area (Å²) in [6, 6.07) is 18.1. The number of sulfonamides is 1. The van der Waals surface area contributed by atoms with Crippen molar-refractivity contribution in [2.45, 2.75) is 24.2 Å². The Morgan fingerprint density at radius 1 is 1.00 bits per heavy atom. The van der Waals surface area contributed by atoms with Crippen LogP contribution in [0.5, 0.6) is 11.5 Å². The molecule has 2 heterocycles. The summed E-state index contributed by atoms with van der Waals surface area (Å²) in [5, 5.41) is 0. The number of hydrogen-bond donors (Lipinski definition) is 1. The fourth-order valence-electron chi connectivity index (χ4n) is 4.75. The summed E-state index contributed by atoms with van der Waals surface area (Å²) in [7, 11) is -2.00. The molecular weight excluding hydrogens is 520 g/mol. The third kappa shape index (κ3) is 5.20. The highest BCUT2D eigenvalue weighted by Gasteiger charge is 2.38. The maximum atomic E-state index is 12.8. The van der Waals surface area contributed by atoms with Gasteiger partial charge in [0.05, 0.1) is 10.5 Å². The third-order valence-corrected chi connectivity index (χ3v) is 8.16. The Bertz CT molecular complexity index is 1580. The van der Waals surface area contributed by atoms with E-state index in [1.165, 1.54) is 42.5 Å². The van der Waals surface area contributed by atoms with Crippen LogP contribution in [0.25, 0.3) is 0 Å². The molecule has 5 rings (SSSR count). The van der Waals surface area contributed by atoms with Crippen molar-refractivity contribution < 1.29 is 32.2 Å². The SMILES string of the molecule is CN1C(=CC(=O)COC(=O)c2ccc(NS(=O)(=O)c3ccc4c(c3)OCCO4)cc2)C(C)(C)c2ccccc21. The number of allylic oxidation sites excluding steroid dienone is 1. The molecule has 3 aromatic rings. The Morgan fingerprint density at radius 3 is 2.41 bits per heavy atom. The van der Waals surface area contributed by atoms with Gasteiger partial charge >= 0.3 is 5.97 Å². The van der Waals surface area contributed by atoms with Crippen LogP contribution in [-0.4, -0.2) is 47.0 Å². The molecule has 0 amide bonds. The highest BCUT2D eigenvalue weighted by Crippen LogP contribution is 2.46. The Morgan fingerprint density at radius 2 is 1.69 bits per heavy atom. The smallest absolute Gasteiger partial charge is 0.338 e. The molecule has 0 fully saturated rings. The summed E-state index contributed by atoms with van der Waals surface area (Å²) in [6.45, 7) is 4.42. The summed E-state index contributed by atoms with van der Waals surface area (Å²) >= 11 is 0. The Labute approximate surface area is 227 Å². The molecular formula is C29H28N2O7S. The van der Waals surface area contributed by atoms with Crippen LogP contribution < -0.4 is 19.1 Å². The van der Waals surface area contributed by atoms with Gasteiger partial charge in [0.2, 0.25) is 0 Å². The van der Waals surface area contributed by atoms with Gasteiger partial charge in [-0.05, 0) is 48.0 Å². The van der Waals surface area contributed by atoms with Gasteiger partial charge in [0.15, 0.2) is 23.9 Å². The highest BCUT2D eigenvalue weighted by molar-refractivity contribution is 7.92. The molecule has 9 nitrogen and oxygen atoms in total. The zero-order valence-corrected chi connectivity index (χ0v) is 22.6. The van der Waals surface area contributed by atoms with Gasteiger partial charge in [0.25, 0.3) is 10.0 Å². The van der Waals surface area contributed by atoms with E-state index in [4.69, 9.17) is 14.2 Å². The number of nitrogens with one attached hydrogen (secondary N) is 1. The monoisotopic (exact) mass is 548 g/mol. The van der Waals surface area contributed by atoms with Gasteiger partial charge in [-0.3, -0.25) is 9.52 Å². The second-order valence-electron chi connectivity index (χ2n) is 9.76. The van der Waals surface area contributed by atoms with Crippen molar-refractivity contribution in [1.82, 2.24) is 0 Å². The largest absolute Gasteiger partial charge is 0.486 e. The summed E-state index contributed by atoms with van der Waals surface area (Å²) < 4.78 is 44.2. The normalized spacial score (nSPS) is 16.5. The average molecular weight is 549 g/mol. The van der Waals surface area contributed by atoms with Crippen molar-refractivity contribution in [3.8, 4) is 11.5 Å². The zero-order valence-electron chi connectivity index (χ0n) is 21.8. The third-order valence-electron chi connectivity index (χ3n) is 6.78. The van der Waals surface area contributed by atoms with Crippen molar-refractivity contribution in [3.63, 3.8) is 0 Å². The van der Waals surface area contributed by atoms with E-state index in [0.717, 1.165) is 16.9 Å². The van der Waals surface area contributed by atoms with Crippen molar-refractivity contribution in [3.05, 3.63) is 89.6 Å². The maximum absolute atomic E-state index is 12.8. The van der Waals surface area contributed by atoms with E-state index in [1.807, 2.05) is 50.1 Å². The van der Waals surface area contributed by atoms with Gasteiger partial charge in [0.1, 0.15) is 13.2 Å². The van der Waals surface area contributed by atoms with E-state index in [9.17, 15) is 18.0 Å². The van der Waals surface area contributed by atoms with Crippen LogP contribution in [0.4, 0.5) is 11.4 Å². The van der Waals surface area contributed by atoms with Crippen LogP contribution in [-0.2, 0) is 25.0 Å². The number of para-hydroxylation sites is 1. The lowest BCUT2D eigenvalue weighted by Crippen LogP contribution is -2.25. The van der Waals surface area contributed by atoms with E-state index in [2.05, 4.69) is 4.72 Å². The minimum Gasteiger partial charge on any atom is -0.486 e. The highest BCUT2D eigenvalue weighted by atomic mass is 32.2. The van der Waals surface area contributed by atoms with Crippen molar-refractivity contribution in [2.75, 3.05) is 36.5 Å². The van der Waals surface area contributed by atoms with Gasteiger partial charge in [-0.15, -0.1) is 0 Å². The van der Waals surface area contributed by atoms with Crippen LogP contribution in [0, 0.1) is 0 Å². The first-order valence-corrected chi connectivity index (χ1v) is 13.8. The standard InChI is InChI=1S/C29H28N2O7S/c1-29(2)23-6-4-5-7-24(23)31(3)27(29)16-21(32)18-38-28(33)19-8-10-20(11-9-19)30-39(34,35)22-12-13-25-26(17-22)37-15-14-36-25/h4-13,16-17,30H,14-15,18H2,1-3H3. The Kier molecular flexibility index (Phi) is 6.82. The van der Waals surface area contributed by atoms with Crippen molar-refractivity contribution in [2.24, 2.45) is 0 Å². The number of benzene rings is 3. The number of anilines is 2. The number of nitrogens with zero attached hydrogens (tertiary/aromatic N) is 1. The number of carbonyl (C=O) groups is 2. The van der Waals surface area contributed by atoms with Crippen LogP contribution in [0.1, 0.15) is 29.8 Å². The number of ether oxygens (including phenoxy) is 3. The summed E-state index contributed by atoms with van der Waals surface area (Å²) in [6.07, 6.45) is 1.52.